The van der Waals surface area contributed by atoms with Crippen LogP contribution in [-0.4, -0.2) is 16.3 Å². The Kier molecular flexibility index (Phi) is 5.16. The highest BCUT2D eigenvalue weighted by Gasteiger charge is 2.12. The van der Waals surface area contributed by atoms with Crippen molar-refractivity contribution < 1.29 is 0 Å². The fraction of sp³-hybridized carbons (Fsp3) is 0.400. The van der Waals surface area contributed by atoms with Crippen molar-refractivity contribution in [3.8, 4) is 0 Å². The molecule has 1 heterocycles. The zero-order valence-electron chi connectivity index (χ0n) is 11.4. The molecule has 1 unspecified atom stereocenters. The van der Waals surface area contributed by atoms with Crippen LogP contribution in [0.3, 0.4) is 0 Å². The molecule has 2 aromatic rings. The van der Waals surface area contributed by atoms with Crippen LogP contribution in [0.15, 0.2) is 41.1 Å². The van der Waals surface area contributed by atoms with Crippen molar-refractivity contribution in [2.24, 2.45) is 7.05 Å². The van der Waals surface area contributed by atoms with Crippen LogP contribution < -0.4 is 5.32 Å². The molecule has 0 saturated carbocycles. The molecular formula is C15H20BrN3. The third-order valence-corrected chi connectivity index (χ3v) is 3.64. The van der Waals surface area contributed by atoms with E-state index in [-0.39, 0.29) is 0 Å². The zero-order chi connectivity index (χ0) is 13.7. The van der Waals surface area contributed by atoms with Gasteiger partial charge in [-0.25, -0.2) is 0 Å². The van der Waals surface area contributed by atoms with Crippen LogP contribution in [0.1, 0.15) is 30.5 Å². The first-order valence-electron chi connectivity index (χ1n) is 6.65. The van der Waals surface area contributed by atoms with E-state index in [1.165, 1.54) is 11.1 Å². The summed E-state index contributed by atoms with van der Waals surface area (Å²) in [6, 6.07) is 8.89. The topological polar surface area (TPSA) is 29.9 Å². The molecule has 19 heavy (non-hydrogen) atoms. The van der Waals surface area contributed by atoms with Gasteiger partial charge >= 0.3 is 0 Å². The first-order chi connectivity index (χ1) is 9.19. The summed E-state index contributed by atoms with van der Waals surface area (Å²) in [5.74, 6) is 0. The maximum atomic E-state index is 4.24. The minimum absolute atomic E-state index is 0.345. The molecule has 1 aromatic heterocycles. The van der Waals surface area contributed by atoms with E-state index in [2.05, 4.69) is 63.7 Å². The van der Waals surface area contributed by atoms with Gasteiger partial charge in [0.15, 0.2) is 0 Å². The Morgan fingerprint density at radius 1 is 1.32 bits per heavy atom. The van der Waals surface area contributed by atoms with Gasteiger partial charge in [-0.05, 0) is 42.6 Å². The quantitative estimate of drug-likeness (QED) is 0.883. The second-order valence-electron chi connectivity index (χ2n) is 4.78. The average molecular weight is 322 g/mol. The van der Waals surface area contributed by atoms with Crippen LogP contribution in [0, 0.1) is 0 Å². The molecule has 0 saturated heterocycles. The number of hydrogen-bond acceptors (Lipinski definition) is 2. The van der Waals surface area contributed by atoms with Gasteiger partial charge in [0, 0.05) is 23.8 Å². The highest BCUT2D eigenvalue weighted by molar-refractivity contribution is 9.10. The van der Waals surface area contributed by atoms with Gasteiger partial charge in [0.1, 0.15) is 0 Å². The van der Waals surface area contributed by atoms with E-state index >= 15 is 0 Å². The number of aryl methyl sites for hydroxylation is 1. The SMILES string of the molecule is CCCNC(Cc1cnn(C)c1)c1ccc(Br)cc1. The predicted molar refractivity (Wildman–Crippen MR) is 82.1 cm³/mol. The second kappa shape index (κ2) is 6.87. The highest BCUT2D eigenvalue weighted by Crippen LogP contribution is 2.20. The molecule has 1 atom stereocenters. The molecule has 0 bridgehead atoms. The molecule has 1 N–H and O–H groups in total. The van der Waals surface area contributed by atoms with E-state index < -0.39 is 0 Å². The molecule has 0 radical (unpaired) electrons. The van der Waals surface area contributed by atoms with Crippen molar-refractivity contribution in [1.29, 1.82) is 0 Å². The Hall–Kier alpha value is -1.13. The molecule has 4 heteroatoms. The summed E-state index contributed by atoms with van der Waals surface area (Å²) >= 11 is 3.48. The lowest BCUT2D eigenvalue weighted by Gasteiger charge is -2.18. The van der Waals surface area contributed by atoms with Crippen LogP contribution in [0.5, 0.6) is 0 Å². The molecule has 0 aliphatic carbocycles. The number of rotatable bonds is 6. The lowest BCUT2D eigenvalue weighted by Crippen LogP contribution is -2.24. The Morgan fingerprint density at radius 2 is 2.05 bits per heavy atom. The summed E-state index contributed by atoms with van der Waals surface area (Å²) in [6.07, 6.45) is 6.13. The van der Waals surface area contributed by atoms with Crippen molar-refractivity contribution in [2.75, 3.05) is 6.54 Å². The van der Waals surface area contributed by atoms with Crippen LogP contribution in [-0.2, 0) is 13.5 Å². The minimum atomic E-state index is 0.345. The van der Waals surface area contributed by atoms with Gasteiger partial charge in [-0.1, -0.05) is 35.0 Å². The van der Waals surface area contributed by atoms with Crippen molar-refractivity contribution in [1.82, 2.24) is 15.1 Å². The molecule has 102 valence electrons. The van der Waals surface area contributed by atoms with Gasteiger partial charge in [0.25, 0.3) is 0 Å². The van der Waals surface area contributed by atoms with E-state index in [1.807, 2.05) is 17.9 Å². The maximum absolute atomic E-state index is 4.24. The summed E-state index contributed by atoms with van der Waals surface area (Å²) < 4.78 is 2.97. The second-order valence-corrected chi connectivity index (χ2v) is 5.70. The van der Waals surface area contributed by atoms with Gasteiger partial charge in [-0.15, -0.1) is 0 Å². The zero-order valence-corrected chi connectivity index (χ0v) is 13.0. The summed E-state index contributed by atoms with van der Waals surface area (Å²) in [5, 5.41) is 7.85. The van der Waals surface area contributed by atoms with E-state index in [0.717, 1.165) is 23.9 Å². The van der Waals surface area contributed by atoms with Crippen molar-refractivity contribution in [2.45, 2.75) is 25.8 Å². The Bertz CT molecular complexity index is 504. The Balaban J connectivity index is 2.13. The fourth-order valence-electron chi connectivity index (χ4n) is 2.13. The van der Waals surface area contributed by atoms with Crippen molar-refractivity contribution in [3.05, 3.63) is 52.3 Å². The van der Waals surface area contributed by atoms with Crippen LogP contribution in [0.25, 0.3) is 0 Å². The number of nitrogens with one attached hydrogen (secondary N) is 1. The third-order valence-electron chi connectivity index (χ3n) is 3.11. The maximum Gasteiger partial charge on any atom is 0.0522 e. The first kappa shape index (κ1) is 14.3. The molecule has 3 nitrogen and oxygen atoms in total. The first-order valence-corrected chi connectivity index (χ1v) is 7.44. The van der Waals surface area contributed by atoms with Gasteiger partial charge < -0.3 is 5.32 Å². The lowest BCUT2D eigenvalue weighted by atomic mass is 10.0. The third kappa shape index (κ3) is 4.18. The van der Waals surface area contributed by atoms with Crippen molar-refractivity contribution in [3.63, 3.8) is 0 Å². The van der Waals surface area contributed by atoms with Gasteiger partial charge in [0.2, 0.25) is 0 Å². The Labute approximate surface area is 123 Å². The van der Waals surface area contributed by atoms with Gasteiger partial charge in [-0.3, -0.25) is 4.68 Å². The summed E-state index contributed by atoms with van der Waals surface area (Å²) in [6.45, 7) is 3.22. The summed E-state index contributed by atoms with van der Waals surface area (Å²) in [7, 11) is 1.96. The summed E-state index contributed by atoms with van der Waals surface area (Å²) in [5.41, 5.74) is 2.58. The smallest absolute Gasteiger partial charge is 0.0522 e. The molecule has 0 spiro atoms. The largest absolute Gasteiger partial charge is 0.310 e. The lowest BCUT2D eigenvalue weighted by molar-refractivity contribution is 0.529. The van der Waals surface area contributed by atoms with Crippen molar-refractivity contribution >= 4 is 15.9 Å². The highest BCUT2D eigenvalue weighted by atomic mass is 79.9. The standard InChI is InChI=1S/C15H20BrN3/c1-3-8-17-15(9-12-10-18-19(2)11-12)13-4-6-14(16)7-5-13/h4-7,10-11,15,17H,3,8-9H2,1-2H3. The number of aromatic nitrogens is 2. The van der Waals surface area contributed by atoms with Crippen LogP contribution in [0.2, 0.25) is 0 Å². The monoisotopic (exact) mass is 321 g/mol. The number of benzene rings is 1. The molecule has 0 aliphatic rings. The number of nitrogens with zero attached hydrogens (tertiary/aromatic N) is 2. The van der Waals surface area contributed by atoms with Gasteiger partial charge in [0.05, 0.1) is 6.20 Å². The molecule has 0 fully saturated rings. The van der Waals surface area contributed by atoms with Crippen LogP contribution in [0.4, 0.5) is 0 Å². The minimum Gasteiger partial charge on any atom is -0.310 e. The average Bonchev–Trinajstić information content (AvgIpc) is 2.81. The molecular weight excluding hydrogens is 302 g/mol. The van der Waals surface area contributed by atoms with E-state index in [4.69, 9.17) is 0 Å². The van der Waals surface area contributed by atoms with E-state index in [1.54, 1.807) is 0 Å². The molecule has 1 aromatic carbocycles. The number of hydrogen-bond donors (Lipinski definition) is 1. The Morgan fingerprint density at radius 3 is 2.63 bits per heavy atom. The van der Waals surface area contributed by atoms with E-state index in [0.29, 0.717) is 6.04 Å². The fourth-order valence-corrected chi connectivity index (χ4v) is 2.40. The molecule has 0 amide bonds. The summed E-state index contributed by atoms with van der Waals surface area (Å²) in [4.78, 5) is 0. The van der Waals surface area contributed by atoms with Crippen LogP contribution >= 0.6 is 15.9 Å². The molecule has 0 aliphatic heterocycles. The predicted octanol–water partition coefficient (Wildman–Crippen LogP) is 3.47. The van der Waals surface area contributed by atoms with Gasteiger partial charge in [-0.2, -0.15) is 5.10 Å². The number of halogens is 1. The normalized spacial score (nSPS) is 12.6. The van der Waals surface area contributed by atoms with E-state index in [9.17, 15) is 0 Å². The molecule has 2 rings (SSSR count).